The van der Waals surface area contributed by atoms with Crippen LogP contribution in [0, 0.1) is 0 Å². The number of aromatic amines is 1. The molecule has 0 saturated carbocycles. The van der Waals surface area contributed by atoms with E-state index in [1.165, 1.54) is 6.21 Å². The van der Waals surface area contributed by atoms with Crippen molar-refractivity contribution in [2.45, 2.75) is 6.04 Å². The zero-order valence-corrected chi connectivity index (χ0v) is 19.4. The Morgan fingerprint density at radius 2 is 1.54 bits per heavy atom. The molecule has 1 aromatic heterocycles. The van der Waals surface area contributed by atoms with Gasteiger partial charge in [0.25, 0.3) is 17.4 Å². The Hall–Kier alpha value is -5.31. The molecular formula is C28H21N5O4. The number of carbonyl (C=O) groups is 2. The van der Waals surface area contributed by atoms with Crippen molar-refractivity contribution in [3.8, 4) is 5.75 Å². The molecule has 1 heterocycles. The van der Waals surface area contributed by atoms with Gasteiger partial charge in [-0.25, -0.2) is 10.5 Å². The third-order valence-electron chi connectivity index (χ3n) is 5.89. The highest BCUT2D eigenvalue weighted by molar-refractivity contribution is 6.03. The first-order chi connectivity index (χ1) is 18.0. The summed E-state index contributed by atoms with van der Waals surface area (Å²) in [5, 5.41) is 25.9. The van der Waals surface area contributed by atoms with Crippen molar-refractivity contribution in [3.63, 3.8) is 0 Å². The maximum atomic E-state index is 13.3. The van der Waals surface area contributed by atoms with Crippen LogP contribution < -0.4 is 16.3 Å². The van der Waals surface area contributed by atoms with Crippen LogP contribution in [0.15, 0.2) is 101 Å². The molecule has 0 aliphatic heterocycles. The van der Waals surface area contributed by atoms with Crippen molar-refractivity contribution in [2.75, 3.05) is 0 Å². The summed E-state index contributed by atoms with van der Waals surface area (Å²) in [5.74, 6) is -1.20. The van der Waals surface area contributed by atoms with Gasteiger partial charge in [0.05, 0.1) is 11.6 Å². The molecule has 4 aromatic carbocycles. The Balaban J connectivity index is 1.49. The fourth-order valence-electron chi connectivity index (χ4n) is 4.06. The largest absolute Gasteiger partial charge is 0.507 e. The van der Waals surface area contributed by atoms with Gasteiger partial charge in [0.2, 0.25) is 0 Å². The van der Waals surface area contributed by atoms with Gasteiger partial charge in [0.1, 0.15) is 11.4 Å². The van der Waals surface area contributed by atoms with Crippen molar-refractivity contribution in [1.29, 1.82) is 0 Å². The lowest BCUT2D eigenvalue weighted by atomic mass is 10.0. The van der Waals surface area contributed by atoms with Crippen LogP contribution in [0.2, 0.25) is 0 Å². The third kappa shape index (κ3) is 4.78. The molecular weight excluding hydrogens is 470 g/mol. The van der Waals surface area contributed by atoms with E-state index in [0.29, 0.717) is 21.9 Å². The van der Waals surface area contributed by atoms with Gasteiger partial charge < -0.3 is 10.4 Å². The van der Waals surface area contributed by atoms with Gasteiger partial charge in [-0.05, 0) is 35.0 Å². The van der Waals surface area contributed by atoms with Crippen LogP contribution in [0.1, 0.15) is 27.7 Å². The highest BCUT2D eigenvalue weighted by atomic mass is 16.3. The molecule has 0 saturated heterocycles. The molecule has 0 bridgehead atoms. The Kier molecular flexibility index (Phi) is 6.41. The minimum absolute atomic E-state index is 0.000996. The maximum Gasteiger partial charge on any atom is 0.272 e. The van der Waals surface area contributed by atoms with Crippen molar-refractivity contribution < 1.29 is 14.7 Å². The van der Waals surface area contributed by atoms with Crippen LogP contribution >= 0.6 is 0 Å². The van der Waals surface area contributed by atoms with Gasteiger partial charge in [-0.3, -0.25) is 14.4 Å². The molecule has 9 heteroatoms. The summed E-state index contributed by atoms with van der Waals surface area (Å²) in [5.41, 5.74) is 2.94. The lowest BCUT2D eigenvalue weighted by Crippen LogP contribution is -2.40. The first-order valence-corrected chi connectivity index (χ1v) is 11.4. The minimum Gasteiger partial charge on any atom is -0.507 e. The number of rotatable bonds is 6. The fourth-order valence-corrected chi connectivity index (χ4v) is 4.06. The molecule has 5 aromatic rings. The molecule has 1 atom stereocenters. The lowest BCUT2D eigenvalue weighted by molar-refractivity contribution is -0.123. The van der Waals surface area contributed by atoms with Gasteiger partial charge in [-0.15, -0.1) is 0 Å². The topological polar surface area (TPSA) is 137 Å². The number of aromatic hydroxyl groups is 1. The van der Waals surface area contributed by atoms with Crippen LogP contribution in [0.4, 0.5) is 0 Å². The van der Waals surface area contributed by atoms with Gasteiger partial charge in [0.15, 0.2) is 6.04 Å². The number of carbonyl (C=O) groups excluding carboxylic acids is 2. The van der Waals surface area contributed by atoms with Gasteiger partial charge in [-0.2, -0.15) is 10.2 Å². The molecule has 0 spiro atoms. The zero-order chi connectivity index (χ0) is 25.8. The summed E-state index contributed by atoms with van der Waals surface area (Å²) in [6.45, 7) is 0. The number of aromatic nitrogens is 2. The number of nitrogens with zero attached hydrogens (tertiary/aromatic N) is 2. The van der Waals surface area contributed by atoms with Crippen LogP contribution in [0.3, 0.4) is 0 Å². The van der Waals surface area contributed by atoms with E-state index in [1.807, 2.05) is 24.3 Å². The van der Waals surface area contributed by atoms with E-state index in [2.05, 4.69) is 26.0 Å². The molecule has 0 radical (unpaired) electrons. The predicted molar refractivity (Wildman–Crippen MR) is 140 cm³/mol. The normalized spacial score (nSPS) is 12.0. The highest BCUT2D eigenvalue weighted by Crippen LogP contribution is 2.25. The molecule has 2 amide bonds. The van der Waals surface area contributed by atoms with Gasteiger partial charge >= 0.3 is 0 Å². The number of hydrogen-bond donors (Lipinski definition) is 4. The first kappa shape index (κ1) is 23.4. The SMILES string of the molecule is O=C(N[C@H](C(=O)N/N=C\c1c(O)ccc2ccccc12)c1n[nH]c(=O)c2ccccc12)c1ccccc1. The maximum absolute atomic E-state index is 13.3. The Labute approximate surface area is 210 Å². The van der Waals surface area contributed by atoms with E-state index in [-0.39, 0.29) is 11.4 Å². The van der Waals surface area contributed by atoms with E-state index in [9.17, 15) is 19.5 Å². The quantitative estimate of drug-likeness (QED) is 0.213. The third-order valence-corrected chi connectivity index (χ3v) is 5.89. The minimum atomic E-state index is -1.28. The standard InChI is InChI=1S/C28H21N5O4/c34-23-15-14-17-8-4-5-11-19(17)22(23)16-29-32-28(37)25(30-26(35)18-9-2-1-3-10-18)24-20-12-6-7-13-21(20)27(36)33-31-24/h1-16,25,34H,(H,30,35)(H,32,37)(H,33,36)/b29-16-/t25-/m0/s1. The van der Waals surface area contributed by atoms with Crippen LogP contribution in [0.5, 0.6) is 5.75 Å². The van der Waals surface area contributed by atoms with E-state index in [4.69, 9.17) is 0 Å². The summed E-state index contributed by atoms with van der Waals surface area (Å²) < 4.78 is 0. The van der Waals surface area contributed by atoms with E-state index in [1.54, 1.807) is 66.7 Å². The van der Waals surface area contributed by atoms with Crippen LogP contribution in [-0.4, -0.2) is 33.3 Å². The van der Waals surface area contributed by atoms with E-state index < -0.39 is 23.4 Å². The summed E-state index contributed by atoms with van der Waals surface area (Å²) in [6, 6.07) is 24.6. The molecule has 4 N–H and O–H groups in total. The summed E-state index contributed by atoms with van der Waals surface area (Å²) in [7, 11) is 0. The number of H-pyrrole nitrogens is 1. The molecule has 0 fully saturated rings. The summed E-state index contributed by atoms with van der Waals surface area (Å²) in [6.07, 6.45) is 1.34. The number of benzene rings is 4. The zero-order valence-electron chi connectivity index (χ0n) is 19.4. The van der Waals surface area contributed by atoms with Gasteiger partial charge in [-0.1, -0.05) is 66.7 Å². The molecule has 0 unspecified atom stereocenters. The number of phenols is 1. The number of nitrogens with one attached hydrogen (secondary N) is 3. The van der Waals surface area contributed by atoms with Crippen molar-refractivity contribution in [2.24, 2.45) is 5.10 Å². The molecule has 182 valence electrons. The molecule has 5 rings (SSSR count). The average molecular weight is 492 g/mol. The summed E-state index contributed by atoms with van der Waals surface area (Å²) in [4.78, 5) is 38.6. The summed E-state index contributed by atoms with van der Waals surface area (Å²) >= 11 is 0. The monoisotopic (exact) mass is 491 g/mol. The fraction of sp³-hybridized carbons (Fsp3) is 0.0357. The number of amides is 2. The van der Waals surface area contributed by atoms with Crippen molar-refractivity contribution >= 4 is 39.6 Å². The van der Waals surface area contributed by atoms with Gasteiger partial charge in [0, 0.05) is 16.5 Å². The van der Waals surface area contributed by atoms with Crippen LogP contribution in [0.25, 0.3) is 21.5 Å². The smallest absolute Gasteiger partial charge is 0.272 e. The average Bonchev–Trinajstić information content (AvgIpc) is 2.94. The molecule has 37 heavy (non-hydrogen) atoms. The second-order valence-corrected chi connectivity index (χ2v) is 8.21. The second-order valence-electron chi connectivity index (χ2n) is 8.21. The Bertz CT molecular complexity index is 1710. The first-order valence-electron chi connectivity index (χ1n) is 11.4. The molecule has 9 nitrogen and oxygen atoms in total. The van der Waals surface area contributed by atoms with Crippen LogP contribution in [-0.2, 0) is 4.79 Å². The van der Waals surface area contributed by atoms with E-state index in [0.717, 1.165) is 10.8 Å². The Morgan fingerprint density at radius 3 is 2.32 bits per heavy atom. The number of phenolic OH excluding ortho intramolecular Hbond substituents is 1. The predicted octanol–water partition coefficient (Wildman–Crippen LogP) is 3.40. The second kappa shape index (κ2) is 10.1. The number of hydrazone groups is 1. The highest BCUT2D eigenvalue weighted by Gasteiger charge is 2.27. The number of fused-ring (bicyclic) bond motifs is 2. The lowest BCUT2D eigenvalue weighted by Gasteiger charge is -2.18. The number of hydrogen-bond acceptors (Lipinski definition) is 6. The Morgan fingerprint density at radius 1 is 0.865 bits per heavy atom. The van der Waals surface area contributed by atoms with Crippen molar-refractivity contribution in [3.05, 3.63) is 118 Å². The van der Waals surface area contributed by atoms with Crippen molar-refractivity contribution in [1.82, 2.24) is 20.9 Å². The molecule has 0 aliphatic rings. The molecule has 0 aliphatic carbocycles. The van der Waals surface area contributed by atoms with E-state index >= 15 is 0 Å².